The van der Waals surface area contributed by atoms with Crippen LogP contribution < -0.4 is 19.1 Å². The van der Waals surface area contributed by atoms with Crippen LogP contribution in [0.5, 0.6) is 11.5 Å². The topological polar surface area (TPSA) is 84.9 Å². The number of rotatable bonds is 13. The minimum absolute atomic E-state index is 0.0150. The van der Waals surface area contributed by atoms with E-state index in [0.717, 1.165) is 30.0 Å². The molecular weight excluding hydrogens is 428 g/mol. The number of ether oxygens (including phenoxy) is 2. The van der Waals surface area contributed by atoms with E-state index in [4.69, 9.17) is 9.47 Å². The van der Waals surface area contributed by atoms with Crippen LogP contribution in [0.2, 0.25) is 0 Å². The maximum Gasteiger partial charge on any atom is 0.264 e. The van der Waals surface area contributed by atoms with E-state index in [-0.39, 0.29) is 17.3 Å². The molecular formula is C24H34N2O5S. The van der Waals surface area contributed by atoms with E-state index in [1.54, 1.807) is 30.3 Å². The van der Waals surface area contributed by atoms with Crippen molar-refractivity contribution in [3.63, 3.8) is 0 Å². The molecule has 1 N–H and O–H groups in total. The molecule has 0 spiro atoms. The average Bonchev–Trinajstić information content (AvgIpc) is 2.82. The molecule has 176 valence electrons. The van der Waals surface area contributed by atoms with Gasteiger partial charge in [-0.05, 0) is 36.6 Å². The van der Waals surface area contributed by atoms with Gasteiger partial charge < -0.3 is 14.8 Å². The fraction of sp³-hybridized carbons (Fsp3) is 0.458. The molecule has 2 rings (SSSR count). The van der Waals surface area contributed by atoms with E-state index in [0.29, 0.717) is 29.6 Å². The smallest absolute Gasteiger partial charge is 0.264 e. The SMILES string of the molecule is CCCC[C@H](CC)CNC(=O)CN(c1ccccc1)S(=O)(=O)c1ccc(OC)c(OC)c1. The second-order valence-corrected chi connectivity index (χ2v) is 9.45. The zero-order chi connectivity index (χ0) is 23.6. The van der Waals surface area contributed by atoms with Crippen LogP contribution in [0.15, 0.2) is 53.4 Å². The minimum atomic E-state index is -4.03. The molecule has 7 nitrogen and oxygen atoms in total. The van der Waals surface area contributed by atoms with E-state index in [1.165, 1.54) is 32.4 Å². The van der Waals surface area contributed by atoms with Crippen molar-refractivity contribution in [1.29, 1.82) is 0 Å². The fourth-order valence-corrected chi connectivity index (χ4v) is 4.84. The predicted octanol–water partition coefficient (Wildman–Crippen LogP) is 4.23. The molecule has 0 unspecified atom stereocenters. The van der Waals surface area contributed by atoms with Gasteiger partial charge in [-0.1, -0.05) is 51.3 Å². The third-order valence-electron chi connectivity index (χ3n) is 5.41. The minimum Gasteiger partial charge on any atom is -0.493 e. The summed E-state index contributed by atoms with van der Waals surface area (Å²) >= 11 is 0. The molecule has 0 aromatic heterocycles. The highest BCUT2D eigenvalue weighted by Crippen LogP contribution is 2.32. The number of hydrogen-bond donors (Lipinski definition) is 1. The second kappa shape index (κ2) is 12.3. The Balaban J connectivity index is 2.29. The van der Waals surface area contributed by atoms with Crippen molar-refractivity contribution in [2.75, 3.05) is 31.6 Å². The molecule has 0 radical (unpaired) electrons. The van der Waals surface area contributed by atoms with Gasteiger partial charge in [0.15, 0.2) is 11.5 Å². The van der Waals surface area contributed by atoms with E-state index in [9.17, 15) is 13.2 Å². The first-order valence-corrected chi connectivity index (χ1v) is 12.4. The van der Waals surface area contributed by atoms with Crippen LogP contribution in [0.4, 0.5) is 5.69 Å². The summed E-state index contributed by atoms with van der Waals surface area (Å²) in [7, 11) is -1.10. The van der Waals surface area contributed by atoms with Crippen LogP contribution in [0, 0.1) is 5.92 Å². The Hall–Kier alpha value is -2.74. The number of para-hydroxylation sites is 1. The lowest BCUT2D eigenvalue weighted by molar-refractivity contribution is -0.119. The Morgan fingerprint density at radius 3 is 2.31 bits per heavy atom. The first kappa shape index (κ1) is 25.5. The number of amides is 1. The summed E-state index contributed by atoms with van der Waals surface area (Å²) in [5.41, 5.74) is 0.412. The highest BCUT2D eigenvalue weighted by atomic mass is 32.2. The summed E-state index contributed by atoms with van der Waals surface area (Å²) in [6.45, 7) is 4.46. The number of carbonyl (C=O) groups is 1. The molecule has 0 aliphatic rings. The molecule has 2 aromatic carbocycles. The lowest BCUT2D eigenvalue weighted by Gasteiger charge is -2.25. The number of carbonyl (C=O) groups excluding carboxylic acids is 1. The van der Waals surface area contributed by atoms with Crippen LogP contribution in [0.1, 0.15) is 39.5 Å². The number of sulfonamides is 1. The number of nitrogens with one attached hydrogen (secondary N) is 1. The molecule has 32 heavy (non-hydrogen) atoms. The van der Waals surface area contributed by atoms with Crippen LogP contribution in [-0.2, 0) is 14.8 Å². The molecule has 0 aliphatic carbocycles. The Kier molecular flexibility index (Phi) is 9.84. The Morgan fingerprint density at radius 2 is 1.72 bits per heavy atom. The van der Waals surface area contributed by atoms with Gasteiger partial charge in [0.1, 0.15) is 6.54 Å². The van der Waals surface area contributed by atoms with Gasteiger partial charge in [-0.25, -0.2) is 8.42 Å². The Morgan fingerprint density at radius 1 is 1.03 bits per heavy atom. The standard InChI is InChI=1S/C24H34N2O5S/c1-5-7-11-19(6-2)17-25-24(27)18-26(20-12-9-8-10-13-20)32(28,29)21-14-15-22(30-3)23(16-21)31-4/h8-10,12-16,19H,5-7,11,17-18H2,1-4H3,(H,25,27)/t19-/m0/s1. The molecule has 0 fully saturated rings. The van der Waals surface area contributed by atoms with E-state index in [1.807, 2.05) is 0 Å². The first-order valence-electron chi connectivity index (χ1n) is 10.9. The number of benzene rings is 2. The monoisotopic (exact) mass is 462 g/mol. The summed E-state index contributed by atoms with van der Waals surface area (Å²) in [6.07, 6.45) is 4.22. The van der Waals surface area contributed by atoms with Gasteiger partial charge in [0.05, 0.1) is 24.8 Å². The van der Waals surface area contributed by atoms with Gasteiger partial charge in [-0.2, -0.15) is 0 Å². The molecule has 0 aliphatic heterocycles. The molecule has 0 heterocycles. The third kappa shape index (κ3) is 6.63. The van der Waals surface area contributed by atoms with Crippen LogP contribution >= 0.6 is 0 Å². The summed E-state index contributed by atoms with van der Waals surface area (Å²) in [5.74, 6) is 0.764. The Labute approximate surface area is 191 Å². The summed E-state index contributed by atoms with van der Waals surface area (Å²) in [4.78, 5) is 12.8. The first-order chi connectivity index (χ1) is 15.4. The summed E-state index contributed by atoms with van der Waals surface area (Å²) in [5, 5.41) is 2.92. The van der Waals surface area contributed by atoms with Crippen LogP contribution in [-0.4, -0.2) is 41.6 Å². The van der Waals surface area contributed by atoms with Crippen molar-refractivity contribution in [2.24, 2.45) is 5.92 Å². The molecule has 1 amide bonds. The van der Waals surface area contributed by atoms with Gasteiger partial charge in [-0.3, -0.25) is 9.10 Å². The molecule has 0 saturated heterocycles. The van der Waals surface area contributed by atoms with Gasteiger partial charge in [-0.15, -0.1) is 0 Å². The number of hydrogen-bond acceptors (Lipinski definition) is 5. The van der Waals surface area contributed by atoms with Crippen LogP contribution in [0.3, 0.4) is 0 Å². The van der Waals surface area contributed by atoms with Crippen molar-refractivity contribution < 1.29 is 22.7 Å². The van der Waals surface area contributed by atoms with Gasteiger partial charge in [0.2, 0.25) is 5.91 Å². The highest BCUT2D eigenvalue weighted by Gasteiger charge is 2.28. The van der Waals surface area contributed by atoms with Crippen molar-refractivity contribution >= 4 is 21.6 Å². The van der Waals surface area contributed by atoms with Crippen molar-refractivity contribution in [1.82, 2.24) is 5.32 Å². The largest absolute Gasteiger partial charge is 0.493 e. The van der Waals surface area contributed by atoms with Gasteiger partial charge in [0.25, 0.3) is 10.0 Å². The zero-order valence-corrected chi connectivity index (χ0v) is 20.2. The molecule has 0 bridgehead atoms. The number of nitrogens with zero attached hydrogens (tertiary/aromatic N) is 1. The maximum absolute atomic E-state index is 13.5. The normalized spacial score (nSPS) is 12.1. The summed E-state index contributed by atoms with van der Waals surface area (Å²) in [6, 6.07) is 13.0. The number of methoxy groups -OCH3 is 2. The van der Waals surface area contributed by atoms with Crippen molar-refractivity contribution in [3.8, 4) is 11.5 Å². The fourth-order valence-electron chi connectivity index (χ4n) is 3.40. The zero-order valence-electron chi connectivity index (χ0n) is 19.3. The molecule has 8 heteroatoms. The average molecular weight is 463 g/mol. The number of anilines is 1. The van der Waals surface area contributed by atoms with E-state index >= 15 is 0 Å². The maximum atomic E-state index is 13.5. The van der Waals surface area contributed by atoms with Gasteiger partial charge >= 0.3 is 0 Å². The van der Waals surface area contributed by atoms with Crippen molar-refractivity contribution in [2.45, 2.75) is 44.4 Å². The Bertz CT molecular complexity index is 964. The lowest BCUT2D eigenvalue weighted by Crippen LogP contribution is -2.42. The van der Waals surface area contributed by atoms with E-state index < -0.39 is 10.0 Å². The van der Waals surface area contributed by atoms with Crippen LogP contribution in [0.25, 0.3) is 0 Å². The van der Waals surface area contributed by atoms with Gasteiger partial charge in [0, 0.05) is 12.6 Å². The molecule has 0 saturated carbocycles. The lowest BCUT2D eigenvalue weighted by atomic mass is 9.99. The quantitative estimate of drug-likeness (QED) is 0.481. The summed E-state index contributed by atoms with van der Waals surface area (Å²) < 4.78 is 38.6. The van der Waals surface area contributed by atoms with Crippen molar-refractivity contribution in [3.05, 3.63) is 48.5 Å². The second-order valence-electron chi connectivity index (χ2n) is 7.58. The molecule has 2 aromatic rings. The van der Waals surface area contributed by atoms with E-state index in [2.05, 4.69) is 19.2 Å². The number of unbranched alkanes of at least 4 members (excludes halogenated alkanes) is 1. The predicted molar refractivity (Wildman–Crippen MR) is 127 cm³/mol. The third-order valence-corrected chi connectivity index (χ3v) is 7.18. The highest BCUT2D eigenvalue weighted by molar-refractivity contribution is 7.92. The molecule has 1 atom stereocenters.